The molecule has 2 aromatic carbocycles. The Bertz CT molecular complexity index is 2220. The molecule has 0 aliphatic rings. The number of alkyl halides is 3. The number of halogens is 5. The minimum absolute atomic E-state index is 0.0390. The largest absolute Gasteiger partial charge is 0.488 e. The molecule has 14 heteroatoms. The van der Waals surface area contributed by atoms with E-state index in [1.54, 1.807) is 18.5 Å². The first-order valence-electron chi connectivity index (χ1n) is 16.5. The van der Waals surface area contributed by atoms with Crippen LogP contribution in [-0.2, 0) is 24.3 Å². The predicted molar refractivity (Wildman–Crippen MR) is 190 cm³/mol. The predicted octanol–water partition coefficient (Wildman–Crippen LogP) is 10.2. The summed E-state index contributed by atoms with van der Waals surface area (Å²) in [7, 11) is -1.32. The van der Waals surface area contributed by atoms with E-state index in [0.29, 0.717) is 35.2 Å². The molecule has 0 radical (unpaired) electrons. The normalized spacial score (nSPS) is 12.0. The Hall–Kier alpha value is -5.21. The molecule has 0 N–H and O–H groups in total. The van der Waals surface area contributed by atoms with Gasteiger partial charge in [0.1, 0.15) is 30.5 Å². The Morgan fingerprint density at radius 1 is 0.865 bits per heavy atom. The summed E-state index contributed by atoms with van der Waals surface area (Å²) in [6.07, 6.45) is 0.811. The summed E-state index contributed by atoms with van der Waals surface area (Å²) in [4.78, 5) is 18.0. The topological polar surface area (TPSA) is 84.2 Å². The van der Waals surface area contributed by atoms with Gasteiger partial charge in [0.15, 0.2) is 17.5 Å². The maximum absolute atomic E-state index is 14.5. The number of nitrogens with zero attached hydrogens (tertiary/aromatic N) is 5. The molecule has 270 valence electrons. The van der Waals surface area contributed by atoms with E-state index in [-0.39, 0.29) is 53.1 Å². The molecule has 0 bridgehead atoms. The molecule has 0 aliphatic heterocycles. The lowest BCUT2D eigenvalue weighted by atomic mass is 10.0. The Balaban J connectivity index is 1.52. The summed E-state index contributed by atoms with van der Waals surface area (Å²) in [5.74, 6) is -1.93. The molecule has 0 fully saturated rings. The van der Waals surface area contributed by atoms with Crippen LogP contribution in [0.4, 0.5) is 22.0 Å². The Morgan fingerprint density at radius 2 is 1.63 bits per heavy atom. The van der Waals surface area contributed by atoms with Crippen LogP contribution < -0.4 is 9.47 Å². The quantitative estimate of drug-likeness (QED) is 0.0703. The average molecular weight is 734 g/mol. The van der Waals surface area contributed by atoms with Crippen molar-refractivity contribution in [1.29, 1.82) is 0 Å². The second-order valence-electron chi connectivity index (χ2n) is 13.5. The Labute approximate surface area is 298 Å². The van der Waals surface area contributed by atoms with Gasteiger partial charge in [0.2, 0.25) is 5.88 Å². The highest BCUT2D eigenvalue weighted by atomic mass is 28.3. The van der Waals surface area contributed by atoms with E-state index < -0.39 is 31.4 Å². The molecule has 6 aromatic rings. The third-order valence-corrected chi connectivity index (χ3v) is 10.1. The highest BCUT2D eigenvalue weighted by Gasteiger charge is 2.36. The first-order chi connectivity index (χ1) is 24.7. The minimum Gasteiger partial charge on any atom is -0.488 e. The van der Waals surface area contributed by atoms with Crippen LogP contribution in [-0.4, -0.2) is 39.2 Å². The third-order valence-electron chi connectivity index (χ3n) is 8.44. The van der Waals surface area contributed by atoms with E-state index in [1.165, 1.54) is 32.2 Å². The lowest BCUT2D eigenvalue weighted by Gasteiger charge is -2.19. The molecule has 6 rings (SSSR count). The van der Waals surface area contributed by atoms with Crippen LogP contribution >= 0.6 is 0 Å². The van der Waals surface area contributed by atoms with E-state index in [4.69, 9.17) is 19.2 Å². The first-order valence-corrected chi connectivity index (χ1v) is 20.2. The van der Waals surface area contributed by atoms with E-state index in [1.807, 2.05) is 34.9 Å². The molecular formula is C38H36F5N5O3Si. The number of rotatable bonds is 12. The van der Waals surface area contributed by atoms with Gasteiger partial charge < -0.3 is 18.8 Å². The Kier molecular flexibility index (Phi) is 10.4. The van der Waals surface area contributed by atoms with Gasteiger partial charge in [-0.25, -0.2) is 23.7 Å². The zero-order valence-corrected chi connectivity index (χ0v) is 30.2. The van der Waals surface area contributed by atoms with Gasteiger partial charge in [-0.2, -0.15) is 13.2 Å². The molecule has 0 saturated heterocycles. The summed E-state index contributed by atoms with van der Waals surface area (Å²) >= 11 is 0. The third kappa shape index (κ3) is 7.97. The number of ether oxygens (including phenoxy) is 3. The number of aromatic nitrogens is 5. The van der Waals surface area contributed by atoms with Gasteiger partial charge in [-0.15, -0.1) is 0 Å². The molecule has 0 unspecified atom stereocenters. The summed E-state index contributed by atoms with van der Waals surface area (Å²) in [6.45, 7) is 10.3. The fourth-order valence-electron chi connectivity index (χ4n) is 5.56. The number of hydrogen-bond donors (Lipinski definition) is 0. The highest BCUT2D eigenvalue weighted by Crippen LogP contribution is 2.44. The van der Waals surface area contributed by atoms with Crippen molar-refractivity contribution < 1.29 is 36.2 Å². The second-order valence-corrected chi connectivity index (χ2v) is 19.1. The van der Waals surface area contributed by atoms with Crippen LogP contribution in [0, 0.1) is 25.5 Å². The molecule has 4 aromatic heterocycles. The Morgan fingerprint density at radius 3 is 2.37 bits per heavy atom. The van der Waals surface area contributed by atoms with Gasteiger partial charge in [-0.1, -0.05) is 50.0 Å². The lowest BCUT2D eigenvalue weighted by molar-refractivity contribution is -0.138. The number of benzene rings is 2. The fraction of sp³-hybridized carbons (Fsp3) is 0.263. The van der Waals surface area contributed by atoms with Crippen LogP contribution in [0.5, 0.6) is 17.4 Å². The SMILES string of the molecule is Cc1c(Oc2ncc(C(F)(F)F)c(C)c2-c2cc(OCc3ccccc3)c3c(-c4nccn4COCC[Si](C)(C)C)nccc3n2)ccc(F)c1F. The van der Waals surface area contributed by atoms with Gasteiger partial charge in [-0.3, -0.25) is 4.98 Å². The van der Waals surface area contributed by atoms with Crippen molar-refractivity contribution in [2.75, 3.05) is 6.61 Å². The van der Waals surface area contributed by atoms with E-state index in [0.717, 1.165) is 17.7 Å². The van der Waals surface area contributed by atoms with Crippen molar-refractivity contribution >= 4 is 19.0 Å². The zero-order valence-electron chi connectivity index (χ0n) is 29.2. The van der Waals surface area contributed by atoms with E-state index in [2.05, 4.69) is 34.6 Å². The molecule has 0 aliphatic carbocycles. The average Bonchev–Trinajstić information content (AvgIpc) is 3.57. The van der Waals surface area contributed by atoms with Crippen molar-refractivity contribution in [1.82, 2.24) is 24.5 Å². The number of hydrogen-bond acceptors (Lipinski definition) is 7. The van der Waals surface area contributed by atoms with Crippen LogP contribution in [0.25, 0.3) is 33.7 Å². The summed E-state index contributed by atoms with van der Waals surface area (Å²) in [6, 6.07) is 15.5. The van der Waals surface area contributed by atoms with Crippen molar-refractivity contribution in [2.24, 2.45) is 0 Å². The number of fused-ring (bicyclic) bond motifs is 1. The highest BCUT2D eigenvalue weighted by molar-refractivity contribution is 6.76. The second kappa shape index (κ2) is 14.8. The van der Waals surface area contributed by atoms with E-state index in [9.17, 15) is 22.0 Å². The molecule has 4 heterocycles. The molecule has 0 amide bonds. The molecule has 0 spiro atoms. The molecule has 52 heavy (non-hydrogen) atoms. The molecule has 0 saturated carbocycles. The van der Waals surface area contributed by atoms with Crippen LogP contribution in [0.2, 0.25) is 25.7 Å². The maximum Gasteiger partial charge on any atom is 0.418 e. The smallest absolute Gasteiger partial charge is 0.418 e. The maximum atomic E-state index is 14.5. The summed E-state index contributed by atoms with van der Waals surface area (Å²) in [5.41, 5.74) is 0.0951. The summed E-state index contributed by atoms with van der Waals surface area (Å²) < 4.78 is 91.4. The van der Waals surface area contributed by atoms with E-state index >= 15 is 0 Å². The molecule has 0 atom stereocenters. The molecule has 8 nitrogen and oxygen atoms in total. The van der Waals surface area contributed by atoms with Crippen molar-refractivity contribution in [3.05, 3.63) is 113 Å². The monoisotopic (exact) mass is 733 g/mol. The minimum atomic E-state index is -4.77. The van der Waals surface area contributed by atoms with Gasteiger partial charge in [0, 0.05) is 51.1 Å². The standard InChI is InChI=1S/C38H36F5N5O3Si/c1-23-26(38(41,42)43)20-46-37(51-30-12-11-27(39)34(40)24(30)2)32(23)29-19-31(50-21-25-9-7-6-8-10-25)33-28(47-29)13-14-44-35(33)36-45-15-16-48(36)22-49-17-18-52(3,4)5/h6-16,19-20H,17-18,21-22H2,1-5H3. The van der Waals surface area contributed by atoms with Gasteiger partial charge in [0.05, 0.1) is 27.7 Å². The summed E-state index contributed by atoms with van der Waals surface area (Å²) in [5, 5.41) is 0.466. The lowest BCUT2D eigenvalue weighted by Crippen LogP contribution is -2.22. The van der Waals surface area contributed by atoms with Crippen molar-refractivity contribution in [3.63, 3.8) is 0 Å². The van der Waals surface area contributed by atoms with Crippen LogP contribution in [0.3, 0.4) is 0 Å². The van der Waals surface area contributed by atoms with Crippen molar-refractivity contribution in [2.45, 2.75) is 59.0 Å². The van der Waals surface area contributed by atoms with Gasteiger partial charge >= 0.3 is 6.18 Å². The van der Waals surface area contributed by atoms with Gasteiger partial charge in [0.25, 0.3) is 0 Å². The fourth-order valence-corrected chi connectivity index (χ4v) is 6.31. The molecular weight excluding hydrogens is 698 g/mol. The zero-order chi connectivity index (χ0) is 37.2. The number of pyridine rings is 3. The first kappa shape index (κ1) is 36.6. The van der Waals surface area contributed by atoms with Crippen LogP contribution in [0.1, 0.15) is 22.3 Å². The van der Waals surface area contributed by atoms with Crippen LogP contribution in [0.15, 0.2) is 79.4 Å². The number of imidazole rings is 1. The van der Waals surface area contributed by atoms with Gasteiger partial charge in [-0.05, 0) is 49.2 Å². The van der Waals surface area contributed by atoms with Crippen molar-refractivity contribution in [3.8, 4) is 40.2 Å².